The molecule has 0 radical (unpaired) electrons. The topological polar surface area (TPSA) is 94.2 Å². The molecule has 0 saturated carbocycles. The standard InChI is InChI=1S/C23H25N3O3S/c1-12-8-14(3)21-16(9-12)13(2)10-19(28)26(21)11-18(27)25-23-20(22(24)29)15-6-4-5-7-17(15)30-23/h8-10H,4-7,11H2,1-3H3,(H2,24,29)(H,25,27). The van der Waals surface area contributed by atoms with Crippen molar-refractivity contribution < 1.29 is 9.59 Å². The van der Waals surface area contributed by atoms with Crippen LogP contribution in [-0.4, -0.2) is 16.4 Å². The first-order valence-corrected chi connectivity index (χ1v) is 10.9. The van der Waals surface area contributed by atoms with E-state index in [9.17, 15) is 14.4 Å². The van der Waals surface area contributed by atoms with Crippen molar-refractivity contribution in [1.29, 1.82) is 0 Å². The van der Waals surface area contributed by atoms with Crippen LogP contribution >= 0.6 is 11.3 Å². The highest BCUT2D eigenvalue weighted by Crippen LogP contribution is 2.38. The Hall–Kier alpha value is -2.93. The summed E-state index contributed by atoms with van der Waals surface area (Å²) in [5.74, 6) is -0.864. The third-order valence-corrected chi connectivity index (χ3v) is 6.93. The Bertz CT molecular complexity index is 1250. The van der Waals surface area contributed by atoms with Gasteiger partial charge in [0.05, 0.1) is 11.1 Å². The van der Waals surface area contributed by atoms with Gasteiger partial charge in [-0.1, -0.05) is 11.6 Å². The maximum absolute atomic E-state index is 12.9. The number of hydrogen-bond acceptors (Lipinski definition) is 4. The lowest BCUT2D eigenvalue weighted by Crippen LogP contribution is -2.28. The molecular weight excluding hydrogens is 398 g/mol. The number of anilines is 1. The molecule has 0 saturated heterocycles. The maximum atomic E-state index is 12.9. The first-order valence-electron chi connectivity index (χ1n) is 10.1. The van der Waals surface area contributed by atoms with Crippen LogP contribution in [0.1, 0.15) is 50.3 Å². The fourth-order valence-electron chi connectivity index (χ4n) is 4.45. The van der Waals surface area contributed by atoms with Crippen LogP contribution in [-0.2, 0) is 24.2 Å². The highest BCUT2D eigenvalue weighted by Gasteiger charge is 2.25. The molecule has 0 atom stereocenters. The average Bonchev–Trinajstić information content (AvgIpc) is 3.02. The number of nitrogens with zero attached hydrogens (tertiary/aromatic N) is 1. The van der Waals surface area contributed by atoms with E-state index in [0.717, 1.165) is 63.7 Å². The van der Waals surface area contributed by atoms with Crippen molar-refractivity contribution in [2.45, 2.75) is 53.0 Å². The molecule has 6 nitrogen and oxygen atoms in total. The molecule has 3 aromatic rings. The van der Waals surface area contributed by atoms with Crippen LogP contribution in [0.25, 0.3) is 10.9 Å². The lowest BCUT2D eigenvalue weighted by Gasteiger charge is -2.15. The molecule has 1 aliphatic rings. The quantitative estimate of drug-likeness (QED) is 0.671. The van der Waals surface area contributed by atoms with Crippen LogP contribution in [0, 0.1) is 20.8 Å². The number of nitrogens with two attached hydrogens (primary N) is 1. The summed E-state index contributed by atoms with van der Waals surface area (Å²) in [7, 11) is 0. The smallest absolute Gasteiger partial charge is 0.251 e. The van der Waals surface area contributed by atoms with Gasteiger partial charge in [-0.05, 0) is 69.2 Å². The number of amides is 2. The van der Waals surface area contributed by atoms with Crippen molar-refractivity contribution in [1.82, 2.24) is 4.57 Å². The van der Waals surface area contributed by atoms with Crippen LogP contribution in [0.4, 0.5) is 5.00 Å². The van der Waals surface area contributed by atoms with Gasteiger partial charge in [0, 0.05) is 16.3 Å². The molecule has 30 heavy (non-hydrogen) atoms. The highest BCUT2D eigenvalue weighted by atomic mass is 32.1. The van der Waals surface area contributed by atoms with Gasteiger partial charge >= 0.3 is 0 Å². The minimum absolute atomic E-state index is 0.125. The number of nitrogens with one attached hydrogen (secondary N) is 1. The second-order valence-corrected chi connectivity index (χ2v) is 9.16. The van der Waals surface area contributed by atoms with E-state index in [1.807, 2.05) is 32.9 Å². The van der Waals surface area contributed by atoms with E-state index in [2.05, 4.69) is 5.32 Å². The molecular formula is C23H25N3O3S. The lowest BCUT2D eigenvalue weighted by molar-refractivity contribution is -0.116. The number of primary amides is 1. The zero-order valence-electron chi connectivity index (χ0n) is 17.4. The predicted molar refractivity (Wildman–Crippen MR) is 121 cm³/mol. The third kappa shape index (κ3) is 3.54. The van der Waals surface area contributed by atoms with Crippen LogP contribution in [0.15, 0.2) is 23.0 Å². The van der Waals surface area contributed by atoms with Crippen molar-refractivity contribution in [3.63, 3.8) is 0 Å². The van der Waals surface area contributed by atoms with Gasteiger partial charge in [0.25, 0.3) is 11.5 Å². The van der Waals surface area contributed by atoms with Gasteiger partial charge in [-0.2, -0.15) is 0 Å². The Morgan fingerprint density at radius 1 is 1.10 bits per heavy atom. The number of carbonyl (C=O) groups is 2. The zero-order chi connectivity index (χ0) is 21.6. The maximum Gasteiger partial charge on any atom is 0.251 e. The minimum atomic E-state index is -0.519. The van der Waals surface area contributed by atoms with Gasteiger partial charge in [0.15, 0.2) is 0 Å². The van der Waals surface area contributed by atoms with Gasteiger partial charge in [0.2, 0.25) is 5.91 Å². The third-order valence-electron chi connectivity index (χ3n) is 5.72. The SMILES string of the molecule is Cc1cc(C)c2c(c1)c(C)cc(=O)n2CC(=O)Nc1sc2c(c1C(N)=O)CCCC2. The van der Waals surface area contributed by atoms with Crippen molar-refractivity contribution in [2.75, 3.05) is 5.32 Å². The summed E-state index contributed by atoms with van der Waals surface area (Å²) >= 11 is 1.42. The molecule has 4 rings (SSSR count). The average molecular weight is 424 g/mol. The van der Waals surface area contributed by atoms with Crippen molar-refractivity contribution in [3.05, 3.63) is 61.2 Å². The molecule has 1 aromatic carbocycles. The van der Waals surface area contributed by atoms with E-state index in [1.165, 1.54) is 15.9 Å². The van der Waals surface area contributed by atoms with Gasteiger partial charge in [-0.3, -0.25) is 19.0 Å². The second-order valence-electron chi connectivity index (χ2n) is 8.06. The number of aryl methyl sites for hydroxylation is 4. The number of rotatable bonds is 4. The summed E-state index contributed by atoms with van der Waals surface area (Å²) in [6, 6.07) is 5.60. The van der Waals surface area contributed by atoms with Gasteiger partial charge in [-0.25, -0.2) is 0 Å². The van der Waals surface area contributed by atoms with Gasteiger partial charge < -0.3 is 11.1 Å². The summed E-state index contributed by atoms with van der Waals surface area (Å²) in [5, 5.41) is 4.31. The van der Waals surface area contributed by atoms with E-state index in [4.69, 9.17) is 5.73 Å². The van der Waals surface area contributed by atoms with Crippen molar-refractivity contribution >= 4 is 39.1 Å². The zero-order valence-corrected chi connectivity index (χ0v) is 18.2. The van der Waals surface area contributed by atoms with E-state index in [0.29, 0.717) is 10.6 Å². The molecule has 0 aliphatic heterocycles. The molecule has 1 aliphatic carbocycles. The number of hydrogen-bond donors (Lipinski definition) is 2. The number of benzene rings is 1. The minimum Gasteiger partial charge on any atom is -0.365 e. The molecule has 2 aromatic heterocycles. The second kappa shape index (κ2) is 7.72. The summed E-state index contributed by atoms with van der Waals surface area (Å²) < 4.78 is 1.50. The van der Waals surface area contributed by atoms with Gasteiger partial charge in [-0.15, -0.1) is 11.3 Å². The Morgan fingerprint density at radius 3 is 2.57 bits per heavy atom. The fourth-order valence-corrected chi connectivity index (χ4v) is 5.76. The Morgan fingerprint density at radius 2 is 1.83 bits per heavy atom. The molecule has 2 amide bonds. The van der Waals surface area contributed by atoms with Crippen LogP contribution in [0.3, 0.4) is 0 Å². The molecule has 3 N–H and O–H groups in total. The number of thiophene rings is 1. The number of fused-ring (bicyclic) bond motifs is 2. The molecule has 7 heteroatoms. The number of pyridine rings is 1. The van der Waals surface area contributed by atoms with Crippen LogP contribution < -0.4 is 16.6 Å². The highest BCUT2D eigenvalue weighted by molar-refractivity contribution is 7.17. The molecule has 0 fully saturated rings. The summed E-state index contributed by atoms with van der Waals surface area (Å²) in [4.78, 5) is 38.8. The van der Waals surface area contributed by atoms with E-state index in [1.54, 1.807) is 6.07 Å². The lowest BCUT2D eigenvalue weighted by atomic mass is 9.95. The normalized spacial score (nSPS) is 13.3. The first kappa shape index (κ1) is 20.3. The van der Waals surface area contributed by atoms with E-state index >= 15 is 0 Å². The van der Waals surface area contributed by atoms with E-state index in [-0.39, 0.29) is 18.0 Å². The molecule has 156 valence electrons. The van der Waals surface area contributed by atoms with Crippen molar-refractivity contribution in [2.24, 2.45) is 5.73 Å². The van der Waals surface area contributed by atoms with E-state index < -0.39 is 5.91 Å². The molecule has 0 spiro atoms. The Labute approximate surface area is 178 Å². The summed E-state index contributed by atoms with van der Waals surface area (Å²) in [6.45, 7) is 5.74. The van der Waals surface area contributed by atoms with Crippen LogP contribution in [0.5, 0.6) is 0 Å². The molecule has 0 bridgehead atoms. The fraction of sp³-hybridized carbons (Fsp3) is 0.348. The Kier molecular flexibility index (Phi) is 5.24. The van der Waals surface area contributed by atoms with Gasteiger partial charge in [0.1, 0.15) is 11.5 Å². The Balaban J connectivity index is 1.71. The number of carbonyl (C=O) groups excluding carboxylic acids is 2. The summed E-state index contributed by atoms with van der Waals surface area (Å²) in [6.07, 6.45) is 3.79. The molecule has 2 heterocycles. The monoisotopic (exact) mass is 423 g/mol. The van der Waals surface area contributed by atoms with Crippen LogP contribution in [0.2, 0.25) is 0 Å². The number of aromatic nitrogens is 1. The largest absolute Gasteiger partial charge is 0.365 e. The first-order chi connectivity index (χ1) is 14.3. The summed E-state index contributed by atoms with van der Waals surface area (Å²) in [5.41, 5.74) is 10.5. The van der Waals surface area contributed by atoms with Crippen molar-refractivity contribution in [3.8, 4) is 0 Å². The predicted octanol–water partition coefficient (Wildman–Crippen LogP) is 3.60. The molecule has 0 unspecified atom stereocenters.